The zero-order chi connectivity index (χ0) is 16.6. The number of carboxylic acid groups (broad SMARTS) is 1. The Morgan fingerprint density at radius 2 is 1.82 bits per heavy atom. The van der Waals surface area contributed by atoms with E-state index in [4.69, 9.17) is 5.11 Å². The van der Waals surface area contributed by atoms with Crippen LogP contribution in [-0.2, 0) is 9.59 Å². The number of allylic oxidation sites excluding steroid dienone is 1. The van der Waals surface area contributed by atoms with Crippen LogP contribution in [0.1, 0.15) is 64.7 Å². The molecule has 0 aliphatic rings. The van der Waals surface area contributed by atoms with Crippen molar-refractivity contribution in [1.29, 1.82) is 0 Å². The second-order valence-electron chi connectivity index (χ2n) is 5.56. The first kappa shape index (κ1) is 21.0. The maximum Gasteiger partial charge on any atom is 0.304 e. The highest BCUT2D eigenvalue weighted by Gasteiger charge is 2.18. The summed E-state index contributed by atoms with van der Waals surface area (Å²) in [4.78, 5) is 22.8. The average molecular weight is 330 g/mol. The lowest BCUT2D eigenvalue weighted by atomic mass is 10.0. The van der Waals surface area contributed by atoms with Crippen molar-refractivity contribution in [2.24, 2.45) is 5.92 Å². The molecule has 0 heterocycles. The topological polar surface area (TPSA) is 66.4 Å². The van der Waals surface area contributed by atoms with E-state index in [1.165, 1.54) is 32.1 Å². The molecule has 1 amide bonds. The van der Waals surface area contributed by atoms with Gasteiger partial charge in [0.15, 0.2) is 0 Å². The normalized spacial score (nSPS) is 12.5. The Kier molecular flexibility index (Phi) is 14.3. The molecular weight excluding hydrogens is 298 g/mol. The number of thiol groups is 1. The first-order chi connectivity index (χ1) is 10.6. The Morgan fingerprint density at radius 1 is 1.14 bits per heavy atom. The average Bonchev–Trinajstić information content (AvgIpc) is 2.48. The lowest BCUT2D eigenvalue weighted by Gasteiger charge is -2.11. The minimum absolute atomic E-state index is 0.153. The predicted molar refractivity (Wildman–Crippen MR) is 94.4 cm³/mol. The summed E-state index contributed by atoms with van der Waals surface area (Å²) < 4.78 is 0. The third kappa shape index (κ3) is 12.7. The molecule has 0 saturated heterocycles. The largest absolute Gasteiger partial charge is 0.481 e. The molecule has 128 valence electrons. The minimum Gasteiger partial charge on any atom is -0.481 e. The molecule has 0 aromatic heterocycles. The summed E-state index contributed by atoms with van der Waals surface area (Å²) in [5.41, 5.74) is 0. The molecule has 0 saturated carbocycles. The van der Waals surface area contributed by atoms with E-state index in [2.05, 4.69) is 24.9 Å². The van der Waals surface area contributed by atoms with Crippen LogP contribution in [0.15, 0.2) is 12.2 Å². The number of aliphatic carboxylic acids is 1. The summed E-state index contributed by atoms with van der Waals surface area (Å²) in [5, 5.41) is 11.7. The van der Waals surface area contributed by atoms with Crippen molar-refractivity contribution in [1.82, 2.24) is 5.32 Å². The number of carbonyl (C=O) groups excluding carboxylic acids is 1. The Balaban J connectivity index is 4.03. The highest BCUT2D eigenvalue weighted by atomic mass is 32.1. The Bertz CT molecular complexity index is 332. The van der Waals surface area contributed by atoms with E-state index in [-0.39, 0.29) is 12.3 Å². The number of hydrogen-bond donors (Lipinski definition) is 3. The van der Waals surface area contributed by atoms with Crippen LogP contribution in [-0.4, -0.2) is 29.3 Å². The number of rotatable bonds is 14. The second kappa shape index (κ2) is 14.9. The molecule has 0 spiro atoms. The minimum atomic E-state index is -0.946. The van der Waals surface area contributed by atoms with Crippen LogP contribution in [0.3, 0.4) is 0 Å². The van der Waals surface area contributed by atoms with Gasteiger partial charge in [0.1, 0.15) is 0 Å². The van der Waals surface area contributed by atoms with Crippen molar-refractivity contribution in [2.75, 3.05) is 12.3 Å². The fourth-order valence-corrected chi connectivity index (χ4v) is 2.32. The molecule has 2 N–H and O–H groups in total. The van der Waals surface area contributed by atoms with Gasteiger partial charge in [-0.15, -0.1) is 0 Å². The van der Waals surface area contributed by atoms with Crippen molar-refractivity contribution in [3.63, 3.8) is 0 Å². The van der Waals surface area contributed by atoms with Crippen LogP contribution >= 0.6 is 12.6 Å². The van der Waals surface area contributed by atoms with Crippen molar-refractivity contribution in [3.05, 3.63) is 12.2 Å². The van der Waals surface area contributed by atoms with Crippen LogP contribution < -0.4 is 5.32 Å². The van der Waals surface area contributed by atoms with Crippen LogP contribution in [0.2, 0.25) is 0 Å². The van der Waals surface area contributed by atoms with E-state index in [1.54, 1.807) is 6.08 Å². The van der Waals surface area contributed by atoms with E-state index in [0.717, 1.165) is 19.3 Å². The van der Waals surface area contributed by atoms with Gasteiger partial charge >= 0.3 is 5.97 Å². The molecule has 0 aliphatic heterocycles. The lowest BCUT2D eigenvalue weighted by molar-refractivity contribution is -0.140. The molecule has 1 atom stereocenters. The number of carbonyl (C=O) groups is 2. The lowest BCUT2D eigenvalue weighted by Crippen LogP contribution is -2.32. The van der Waals surface area contributed by atoms with Crippen molar-refractivity contribution in [2.45, 2.75) is 64.7 Å². The van der Waals surface area contributed by atoms with E-state index in [1.807, 2.05) is 6.08 Å². The molecule has 0 fully saturated rings. The summed E-state index contributed by atoms with van der Waals surface area (Å²) in [6.07, 6.45) is 12.6. The van der Waals surface area contributed by atoms with Crippen molar-refractivity contribution in [3.8, 4) is 0 Å². The standard InChI is InChI=1S/C17H31NO3S/c1-2-3-4-5-6-7-8-9-11-15(14-16(19)20)17(21)18-12-10-13-22/h9,11,15,22H,2-8,10,12-14H2,1H3,(H,18,21)(H,19,20). The summed E-state index contributed by atoms with van der Waals surface area (Å²) in [6.45, 7) is 2.75. The summed E-state index contributed by atoms with van der Waals surface area (Å²) >= 11 is 4.08. The van der Waals surface area contributed by atoms with E-state index in [9.17, 15) is 9.59 Å². The Labute approximate surface area is 140 Å². The Hall–Kier alpha value is -0.970. The molecule has 0 aromatic carbocycles. The summed E-state index contributed by atoms with van der Waals surface area (Å²) in [6, 6.07) is 0. The van der Waals surface area contributed by atoms with Gasteiger partial charge in [0.05, 0.1) is 12.3 Å². The molecular formula is C17H31NO3S. The number of nitrogens with one attached hydrogen (secondary N) is 1. The molecule has 0 rings (SSSR count). The molecule has 5 heteroatoms. The van der Waals surface area contributed by atoms with Gasteiger partial charge in [0, 0.05) is 6.54 Å². The monoisotopic (exact) mass is 329 g/mol. The highest BCUT2D eigenvalue weighted by molar-refractivity contribution is 7.80. The molecule has 0 aromatic rings. The Morgan fingerprint density at radius 3 is 2.45 bits per heavy atom. The van der Waals surface area contributed by atoms with Crippen LogP contribution in [0.5, 0.6) is 0 Å². The SMILES string of the molecule is CCCCCCCCC=CC(CC(=O)O)C(=O)NCCCS. The molecule has 0 radical (unpaired) electrons. The summed E-state index contributed by atoms with van der Waals surface area (Å²) in [7, 11) is 0. The fraction of sp³-hybridized carbons (Fsp3) is 0.765. The highest BCUT2D eigenvalue weighted by Crippen LogP contribution is 2.10. The van der Waals surface area contributed by atoms with Crippen molar-refractivity contribution < 1.29 is 14.7 Å². The number of carboxylic acids is 1. The van der Waals surface area contributed by atoms with Gasteiger partial charge < -0.3 is 10.4 Å². The number of unbranched alkanes of at least 4 members (excludes halogenated alkanes) is 6. The second-order valence-corrected chi connectivity index (χ2v) is 6.00. The van der Waals surface area contributed by atoms with Gasteiger partial charge in [-0.2, -0.15) is 12.6 Å². The fourth-order valence-electron chi connectivity index (χ4n) is 2.16. The quantitative estimate of drug-likeness (QED) is 0.258. The van der Waals surface area contributed by atoms with Crippen LogP contribution in [0.25, 0.3) is 0 Å². The van der Waals surface area contributed by atoms with Gasteiger partial charge in [-0.05, 0) is 25.0 Å². The first-order valence-electron chi connectivity index (χ1n) is 8.38. The third-order valence-electron chi connectivity index (χ3n) is 3.46. The van der Waals surface area contributed by atoms with Gasteiger partial charge in [-0.25, -0.2) is 0 Å². The van der Waals surface area contributed by atoms with Crippen molar-refractivity contribution >= 4 is 24.5 Å². The van der Waals surface area contributed by atoms with Crippen LogP contribution in [0.4, 0.5) is 0 Å². The first-order valence-corrected chi connectivity index (χ1v) is 9.02. The molecule has 0 aliphatic carbocycles. The maximum atomic E-state index is 11.9. The van der Waals surface area contributed by atoms with Gasteiger partial charge in [-0.1, -0.05) is 51.2 Å². The number of amides is 1. The number of hydrogen-bond acceptors (Lipinski definition) is 3. The van der Waals surface area contributed by atoms with Gasteiger partial charge in [-0.3, -0.25) is 9.59 Å². The van der Waals surface area contributed by atoms with Gasteiger partial charge in [0.25, 0.3) is 0 Å². The smallest absolute Gasteiger partial charge is 0.304 e. The molecule has 1 unspecified atom stereocenters. The van der Waals surface area contributed by atoms with E-state index >= 15 is 0 Å². The summed E-state index contributed by atoms with van der Waals surface area (Å²) in [5.74, 6) is -1.02. The third-order valence-corrected chi connectivity index (χ3v) is 3.77. The molecule has 4 nitrogen and oxygen atoms in total. The maximum absolute atomic E-state index is 11.9. The van der Waals surface area contributed by atoms with Gasteiger partial charge in [0.2, 0.25) is 5.91 Å². The van der Waals surface area contributed by atoms with E-state index < -0.39 is 11.9 Å². The predicted octanol–water partition coefficient (Wildman–Crippen LogP) is 3.82. The zero-order valence-corrected chi connectivity index (χ0v) is 14.6. The molecule has 22 heavy (non-hydrogen) atoms. The molecule has 0 bridgehead atoms. The zero-order valence-electron chi connectivity index (χ0n) is 13.7. The van der Waals surface area contributed by atoms with Crippen LogP contribution in [0, 0.1) is 5.92 Å². The van der Waals surface area contributed by atoms with E-state index in [0.29, 0.717) is 12.3 Å².